The molecule has 2 aromatic rings. The summed E-state index contributed by atoms with van der Waals surface area (Å²) in [5.74, 6) is 0.252. The first-order chi connectivity index (χ1) is 15.7. The van der Waals surface area contributed by atoms with Crippen molar-refractivity contribution in [2.45, 2.75) is 38.6 Å². The summed E-state index contributed by atoms with van der Waals surface area (Å²) >= 11 is 0. The molecule has 33 heavy (non-hydrogen) atoms. The number of piperazine rings is 1. The van der Waals surface area contributed by atoms with Gasteiger partial charge in [0.2, 0.25) is 10.0 Å². The van der Waals surface area contributed by atoms with Crippen LogP contribution < -0.4 is 4.72 Å². The predicted molar refractivity (Wildman–Crippen MR) is 134 cm³/mol. The lowest BCUT2D eigenvalue weighted by molar-refractivity contribution is 0.123. The van der Waals surface area contributed by atoms with Gasteiger partial charge in [-0.05, 0) is 42.5 Å². The van der Waals surface area contributed by atoms with Crippen molar-refractivity contribution in [3.05, 3.63) is 65.7 Å². The van der Waals surface area contributed by atoms with Gasteiger partial charge in [-0.25, -0.2) is 8.42 Å². The van der Waals surface area contributed by atoms with Gasteiger partial charge in [0, 0.05) is 32.7 Å². The molecule has 2 aromatic carbocycles. The second kappa shape index (κ2) is 11.1. The fourth-order valence-corrected chi connectivity index (χ4v) is 5.30. The predicted octanol–water partition coefficient (Wildman–Crippen LogP) is 4.07. The van der Waals surface area contributed by atoms with E-state index < -0.39 is 15.4 Å². The van der Waals surface area contributed by atoms with E-state index in [1.807, 2.05) is 42.5 Å². The van der Waals surface area contributed by atoms with Gasteiger partial charge in [-0.3, -0.25) is 9.62 Å². The lowest BCUT2D eigenvalue weighted by atomic mass is 9.70. The standard InChI is InChI=1S/C26H36N4O2S/c1-22(2)26(21-27,24-11-5-4-6-12-24)14-9-15-29-16-18-30(19-17-29)20-23-10-7-8-13-25(23)28-33(3,31)32/h4-8,10-13,22,28H,9,14-20H2,1-3H3. The Morgan fingerprint density at radius 3 is 2.21 bits per heavy atom. The second-order valence-corrected chi connectivity index (χ2v) is 11.1. The molecule has 0 spiro atoms. The minimum atomic E-state index is -3.30. The summed E-state index contributed by atoms with van der Waals surface area (Å²) in [6.07, 6.45) is 3.03. The number of nitrogens with zero attached hydrogens (tertiary/aromatic N) is 3. The number of anilines is 1. The van der Waals surface area contributed by atoms with Crippen LogP contribution in [0.3, 0.4) is 0 Å². The maximum Gasteiger partial charge on any atom is 0.229 e. The fourth-order valence-electron chi connectivity index (χ4n) is 4.70. The first kappa shape index (κ1) is 25.2. The summed E-state index contributed by atoms with van der Waals surface area (Å²) < 4.78 is 26.0. The van der Waals surface area contributed by atoms with Gasteiger partial charge < -0.3 is 4.90 Å². The Labute approximate surface area is 199 Å². The van der Waals surface area contributed by atoms with Crippen molar-refractivity contribution >= 4 is 15.7 Å². The molecule has 1 N–H and O–H groups in total. The van der Waals surface area contributed by atoms with Crippen molar-refractivity contribution in [1.29, 1.82) is 5.26 Å². The van der Waals surface area contributed by atoms with E-state index in [1.165, 1.54) is 6.26 Å². The molecule has 1 atom stereocenters. The van der Waals surface area contributed by atoms with Crippen LogP contribution in [-0.4, -0.2) is 57.2 Å². The molecular formula is C26H36N4O2S. The van der Waals surface area contributed by atoms with E-state index in [2.05, 4.69) is 46.6 Å². The van der Waals surface area contributed by atoms with E-state index in [-0.39, 0.29) is 5.92 Å². The van der Waals surface area contributed by atoms with Crippen LogP contribution >= 0.6 is 0 Å². The largest absolute Gasteiger partial charge is 0.301 e. The highest BCUT2D eigenvalue weighted by molar-refractivity contribution is 7.92. The number of sulfonamides is 1. The highest BCUT2D eigenvalue weighted by atomic mass is 32.2. The van der Waals surface area contributed by atoms with Gasteiger partial charge in [-0.2, -0.15) is 5.26 Å². The monoisotopic (exact) mass is 468 g/mol. The summed E-state index contributed by atoms with van der Waals surface area (Å²) in [4.78, 5) is 4.85. The Morgan fingerprint density at radius 1 is 1.00 bits per heavy atom. The van der Waals surface area contributed by atoms with E-state index in [0.29, 0.717) is 5.69 Å². The van der Waals surface area contributed by atoms with Crippen LogP contribution in [0.4, 0.5) is 5.69 Å². The van der Waals surface area contributed by atoms with E-state index >= 15 is 0 Å². The first-order valence-corrected chi connectivity index (χ1v) is 13.6. The van der Waals surface area contributed by atoms with Gasteiger partial charge in [0.25, 0.3) is 0 Å². The number of hydrogen-bond acceptors (Lipinski definition) is 5. The molecule has 0 radical (unpaired) electrons. The SMILES string of the molecule is CC(C)C(C#N)(CCCN1CCN(Cc2ccccc2NS(C)(=O)=O)CC1)c1ccccc1. The third kappa shape index (κ3) is 6.80. The average molecular weight is 469 g/mol. The van der Waals surface area contributed by atoms with Crippen molar-refractivity contribution in [2.24, 2.45) is 5.92 Å². The Bertz CT molecular complexity index is 1040. The number of para-hydroxylation sites is 1. The van der Waals surface area contributed by atoms with E-state index in [4.69, 9.17) is 0 Å². The Hall–Kier alpha value is -2.40. The van der Waals surface area contributed by atoms with Crippen LogP contribution in [-0.2, 0) is 22.0 Å². The van der Waals surface area contributed by atoms with Crippen LogP contribution in [0.1, 0.15) is 37.8 Å². The smallest absolute Gasteiger partial charge is 0.229 e. The molecule has 6 nitrogen and oxygen atoms in total. The molecule has 1 fully saturated rings. The number of rotatable bonds is 10. The van der Waals surface area contributed by atoms with Crippen LogP contribution in [0.15, 0.2) is 54.6 Å². The van der Waals surface area contributed by atoms with Crippen molar-refractivity contribution in [1.82, 2.24) is 9.80 Å². The van der Waals surface area contributed by atoms with E-state index in [0.717, 1.165) is 63.2 Å². The van der Waals surface area contributed by atoms with Crippen molar-refractivity contribution in [3.8, 4) is 6.07 Å². The lowest BCUT2D eigenvalue weighted by Gasteiger charge is -2.36. The Morgan fingerprint density at radius 2 is 1.61 bits per heavy atom. The number of benzene rings is 2. The zero-order valence-electron chi connectivity index (χ0n) is 20.0. The summed E-state index contributed by atoms with van der Waals surface area (Å²) in [6, 6.07) is 20.4. The molecule has 178 valence electrons. The summed E-state index contributed by atoms with van der Waals surface area (Å²) in [5.41, 5.74) is 2.33. The molecule has 0 aliphatic carbocycles. The summed E-state index contributed by atoms with van der Waals surface area (Å²) in [6.45, 7) is 9.85. The van der Waals surface area contributed by atoms with Gasteiger partial charge in [-0.1, -0.05) is 62.4 Å². The van der Waals surface area contributed by atoms with Crippen LogP contribution in [0, 0.1) is 17.2 Å². The Kier molecular flexibility index (Phi) is 8.52. The van der Waals surface area contributed by atoms with Gasteiger partial charge in [0.05, 0.1) is 23.4 Å². The minimum absolute atomic E-state index is 0.252. The van der Waals surface area contributed by atoms with Crippen LogP contribution in [0.5, 0.6) is 0 Å². The molecule has 1 aliphatic heterocycles. The van der Waals surface area contributed by atoms with Crippen LogP contribution in [0.2, 0.25) is 0 Å². The zero-order chi connectivity index (χ0) is 23.9. The van der Waals surface area contributed by atoms with Crippen LogP contribution in [0.25, 0.3) is 0 Å². The molecule has 1 aliphatic rings. The van der Waals surface area contributed by atoms with Crippen molar-refractivity contribution in [3.63, 3.8) is 0 Å². The van der Waals surface area contributed by atoms with Gasteiger partial charge in [0.15, 0.2) is 0 Å². The maximum absolute atomic E-state index is 11.7. The van der Waals surface area contributed by atoms with Crippen molar-refractivity contribution < 1.29 is 8.42 Å². The second-order valence-electron chi connectivity index (χ2n) is 9.36. The number of nitriles is 1. The third-order valence-corrected chi connectivity index (χ3v) is 7.28. The number of hydrogen-bond donors (Lipinski definition) is 1. The zero-order valence-corrected chi connectivity index (χ0v) is 20.8. The van der Waals surface area contributed by atoms with Gasteiger partial charge in [-0.15, -0.1) is 0 Å². The molecule has 1 heterocycles. The lowest BCUT2D eigenvalue weighted by Crippen LogP contribution is -2.46. The first-order valence-electron chi connectivity index (χ1n) is 11.7. The normalized spacial score (nSPS) is 17.4. The van der Waals surface area contributed by atoms with E-state index in [9.17, 15) is 13.7 Å². The molecule has 1 saturated heterocycles. The fraction of sp³-hybridized carbons (Fsp3) is 0.500. The molecule has 0 aromatic heterocycles. The maximum atomic E-state index is 11.7. The molecular weight excluding hydrogens is 432 g/mol. The molecule has 3 rings (SSSR count). The average Bonchev–Trinajstić information content (AvgIpc) is 2.79. The van der Waals surface area contributed by atoms with Gasteiger partial charge >= 0.3 is 0 Å². The summed E-state index contributed by atoms with van der Waals surface area (Å²) in [5, 5.41) is 10.1. The number of nitrogens with one attached hydrogen (secondary N) is 1. The molecule has 0 amide bonds. The highest BCUT2D eigenvalue weighted by Crippen LogP contribution is 2.36. The highest BCUT2D eigenvalue weighted by Gasteiger charge is 2.35. The molecule has 7 heteroatoms. The topological polar surface area (TPSA) is 76.4 Å². The molecule has 0 bridgehead atoms. The van der Waals surface area contributed by atoms with Gasteiger partial charge in [0.1, 0.15) is 0 Å². The summed E-state index contributed by atoms with van der Waals surface area (Å²) in [7, 11) is -3.30. The quantitative estimate of drug-likeness (QED) is 0.569. The molecule has 0 saturated carbocycles. The minimum Gasteiger partial charge on any atom is -0.301 e. The Balaban J connectivity index is 1.52. The third-order valence-electron chi connectivity index (χ3n) is 6.69. The van der Waals surface area contributed by atoms with E-state index in [1.54, 1.807) is 0 Å². The van der Waals surface area contributed by atoms with Crippen molar-refractivity contribution in [2.75, 3.05) is 43.7 Å². The molecule has 1 unspecified atom stereocenters.